The average molecular weight is 749 g/mol. The number of ether oxygens (including phenoxy) is 1. The molecule has 13 nitrogen and oxygen atoms in total. The van der Waals surface area contributed by atoms with Gasteiger partial charge in [0, 0.05) is 72.2 Å². The number of nitrogens with zero attached hydrogens (tertiary/aromatic N) is 6. The van der Waals surface area contributed by atoms with E-state index in [9.17, 15) is 24.6 Å². The van der Waals surface area contributed by atoms with Crippen molar-refractivity contribution in [2.45, 2.75) is 45.0 Å². The second-order valence-electron chi connectivity index (χ2n) is 13.1. The molecule has 1 fully saturated rings. The smallest absolute Gasteiger partial charge is 0.407 e. The van der Waals surface area contributed by atoms with Gasteiger partial charge in [0.25, 0.3) is 5.56 Å². The number of rotatable bonds is 12. The minimum absolute atomic E-state index is 0.0202. The molecular formula is C37H39Cl2N7O6. The Labute approximate surface area is 310 Å². The lowest BCUT2D eigenvalue weighted by Crippen LogP contribution is -2.41. The quantitative estimate of drug-likeness (QED) is 0.154. The van der Waals surface area contributed by atoms with Gasteiger partial charge in [-0.2, -0.15) is 5.10 Å². The number of methoxy groups -OCH3 is 1. The molecule has 2 aromatic carbocycles. The van der Waals surface area contributed by atoms with Crippen LogP contribution in [-0.4, -0.2) is 90.6 Å². The van der Waals surface area contributed by atoms with Crippen LogP contribution in [0.1, 0.15) is 31.2 Å². The third-order valence-corrected chi connectivity index (χ3v) is 9.90. The molecule has 6 rings (SSSR count). The number of carbonyl (C=O) groups is 2. The standard InChI is InChI=1S/C37H39Cl2N7O6/c1-21(47)16-43(2)20-31-42-46-18-23(15-30(46)36(49)44(31)3)25-7-5-8-26(33(25)38)27-9-6-10-28(34(27)39)29-13-11-22(35(41-29)52-4)17-45(37(50)51)19-24-12-14-32(48)40-24/h5-11,13,15,18,21,24,47H,12,14,16-17,19-20H2,1-4H3,(H,40,48)(H,50,51)/t21-,24-/m0/s1. The molecule has 0 radical (unpaired) electrons. The molecule has 1 aliphatic heterocycles. The summed E-state index contributed by atoms with van der Waals surface area (Å²) in [6.07, 6.45) is 1.08. The van der Waals surface area contributed by atoms with E-state index in [0.717, 1.165) is 0 Å². The van der Waals surface area contributed by atoms with E-state index in [1.165, 1.54) is 16.6 Å². The molecule has 4 heterocycles. The summed E-state index contributed by atoms with van der Waals surface area (Å²) in [7, 11) is 5.00. The van der Waals surface area contributed by atoms with Crippen LogP contribution in [0, 0.1) is 0 Å². The number of amides is 2. The Morgan fingerprint density at radius 3 is 2.37 bits per heavy atom. The highest BCUT2D eigenvalue weighted by Gasteiger charge is 2.26. The van der Waals surface area contributed by atoms with Crippen LogP contribution in [0.2, 0.25) is 10.0 Å². The maximum Gasteiger partial charge on any atom is 0.407 e. The van der Waals surface area contributed by atoms with Gasteiger partial charge in [-0.1, -0.05) is 59.6 Å². The zero-order chi connectivity index (χ0) is 37.3. The Kier molecular flexibility index (Phi) is 10.9. The molecule has 52 heavy (non-hydrogen) atoms. The third-order valence-electron chi connectivity index (χ3n) is 9.09. The molecule has 1 saturated heterocycles. The average Bonchev–Trinajstić information content (AvgIpc) is 3.72. The number of likely N-dealkylation sites (N-methyl/N-ethyl adjacent to an activating group) is 1. The van der Waals surface area contributed by atoms with Crippen molar-refractivity contribution in [3.63, 3.8) is 0 Å². The molecule has 2 amide bonds. The third kappa shape index (κ3) is 7.63. The molecule has 1 aliphatic rings. The Morgan fingerprint density at radius 2 is 1.73 bits per heavy atom. The van der Waals surface area contributed by atoms with E-state index < -0.39 is 12.2 Å². The number of pyridine rings is 1. The lowest BCUT2D eigenvalue weighted by molar-refractivity contribution is -0.119. The van der Waals surface area contributed by atoms with Gasteiger partial charge in [-0.05, 0) is 38.6 Å². The predicted octanol–water partition coefficient (Wildman–Crippen LogP) is 5.32. The summed E-state index contributed by atoms with van der Waals surface area (Å²) in [6.45, 7) is 2.68. The zero-order valence-corrected chi connectivity index (χ0v) is 30.6. The van der Waals surface area contributed by atoms with Crippen LogP contribution in [0.5, 0.6) is 5.88 Å². The van der Waals surface area contributed by atoms with Gasteiger partial charge < -0.3 is 25.2 Å². The highest BCUT2D eigenvalue weighted by atomic mass is 35.5. The number of aliphatic hydroxyl groups excluding tert-OH is 1. The van der Waals surface area contributed by atoms with Crippen LogP contribution in [0.4, 0.5) is 4.79 Å². The minimum Gasteiger partial charge on any atom is -0.481 e. The number of carboxylic acid groups (broad SMARTS) is 1. The second kappa shape index (κ2) is 15.3. The lowest BCUT2D eigenvalue weighted by atomic mass is 9.97. The van der Waals surface area contributed by atoms with Crippen LogP contribution in [0.25, 0.3) is 39.0 Å². The van der Waals surface area contributed by atoms with Gasteiger partial charge in [-0.15, -0.1) is 0 Å². The molecule has 3 aromatic heterocycles. The number of nitrogens with one attached hydrogen (secondary N) is 1. The molecule has 0 aliphatic carbocycles. The monoisotopic (exact) mass is 747 g/mol. The topological polar surface area (TPSA) is 155 Å². The van der Waals surface area contributed by atoms with E-state index in [0.29, 0.717) is 86.4 Å². The summed E-state index contributed by atoms with van der Waals surface area (Å²) >= 11 is 14.2. The molecule has 2 atom stereocenters. The van der Waals surface area contributed by atoms with Gasteiger partial charge in [0.15, 0.2) is 0 Å². The fourth-order valence-corrected chi connectivity index (χ4v) is 7.19. The molecule has 5 aromatic rings. The largest absolute Gasteiger partial charge is 0.481 e. The van der Waals surface area contributed by atoms with Gasteiger partial charge in [0.1, 0.15) is 11.3 Å². The number of benzene rings is 2. The van der Waals surface area contributed by atoms with Crippen molar-refractivity contribution in [1.82, 2.24) is 34.3 Å². The van der Waals surface area contributed by atoms with E-state index in [1.54, 1.807) is 42.9 Å². The van der Waals surface area contributed by atoms with Crippen LogP contribution >= 0.6 is 23.2 Å². The van der Waals surface area contributed by atoms with Crippen LogP contribution < -0.4 is 15.6 Å². The maximum absolute atomic E-state index is 13.3. The van der Waals surface area contributed by atoms with Crippen molar-refractivity contribution < 1.29 is 24.5 Å². The van der Waals surface area contributed by atoms with E-state index in [4.69, 9.17) is 38.0 Å². The van der Waals surface area contributed by atoms with Gasteiger partial charge in [-0.3, -0.25) is 19.1 Å². The fourth-order valence-electron chi connectivity index (χ4n) is 6.53. The first-order chi connectivity index (χ1) is 24.8. The number of carbonyl (C=O) groups excluding carboxylic acids is 1. The maximum atomic E-state index is 13.3. The van der Waals surface area contributed by atoms with Crippen LogP contribution in [0.15, 0.2) is 65.6 Å². The summed E-state index contributed by atoms with van der Waals surface area (Å²) in [4.78, 5) is 44.9. The van der Waals surface area contributed by atoms with Crippen molar-refractivity contribution in [3.8, 4) is 39.4 Å². The number of hydrogen-bond acceptors (Lipinski definition) is 8. The van der Waals surface area contributed by atoms with Gasteiger partial charge in [0.2, 0.25) is 11.8 Å². The Morgan fingerprint density at radius 1 is 1.06 bits per heavy atom. The van der Waals surface area contributed by atoms with Crippen LogP contribution in [-0.2, 0) is 24.9 Å². The Hall–Kier alpha value is -4.95. The van der Waals surface area contributed by atoms with Crippen molar-refractivity contribution >= 4 is 40.7 Å². The number of aliphatic hydroxyl groups is 1. The second-order valence-corrected chi connectivity index (χ2v) is 13.8. The Bertz CT molecular complexity index is 2220. The highest BCUT2D eigenvalue weighted by Crippen LogP contribution is 2.42. The van der Waals surface area contributed by atoms with E-state index in [2.05, 4.69) is 5.32 Å². The van der Waals surface area contributed by atoms with Crippen molar-refractivity contribution in [2.24, 2.45) is 7.05 Å². The molecule has 272 valence electrons. The molecule has 0 saturated carbocycles. The molecule has 0 unspecified atom stereocenters. The fraction of sp³-hybridized carbons (Fsp3) is 0.324. The first kappa shape index (κ1) is 36.8. The number of halogens is 2. The van der Waals surface area contributed by atoms with E-state index in [-0.39, 0.29) is 36.5 Å². The van der Waals surface area contributed by atoms with Crippen molar-refractivity contribution in [1.29, 1.82) is 0 Å². The number of aromatic nitrogens is 4. The minimum atomic E-state index is -1.11. The normalized spacial score (nSPS) is 14.9. The van der Waals surface area contributed by atoms with Crippen LogP contribution in [0.3, 0.4) is 0 Å². The van der Waals surface area contributed by atoms with Gasteiger partial charge in [-0.25, -0.2) is 14.3 Å². The Balaban J connectivity index is 1.30. The molecule has 0 spiro atoms. The van der Waals surface area contributed by atoms with Gasteiger partial charge in [0.05, 0.1) is 42.0 Å². The van der Waals surface area contributed by atoms with Crippen molar-refractivity contribution in [3.05, 3.63) is 92.6 Å². The number of hydrogen-bond donors (Lipinski definition) is 3. The molecular weight excluding hydrogens is 709 g/mol. The lowest BCUT2D eigenvalue weighted by Gasteiger charge is -2.23. The number of fused-ring (bicyclic) bond motifs is 1. The summed E-state index contributed by atoms with van der Waals surface area (Å²) < 4.78 is 8.66. The summed E-state index contributed by atoms with van der Waals surface area (Å²) in [5, 5.41) is 28.0. The highest BCUT2D eigenvalue weighted by molar-refractivity contribution is 6.39. The van der Waals surface area contributed by atoms with Gasteiger partial charge >= 0.3 is 6.09 Å². The molecule has 15 heteroatoms. The predicted molar refractivity (Wildman–Crippen MR) is 199 cm³/mol. The molecule has 0 bridgehead atoms. The first-order valence-electron chi connectivity index (χ1n) is 16.7. The molecule has 3 N–H and O–H groups in total. The first-order valence-corrected chi connectivity index (χ1v) is 17.4. The van der Waals surface area contributed by atoms with E-state index >= 15 is 0 Å². The van der Waals surface area contributed by atoms with E-state index in [1.807, 2.05) is 48.3 Å². The SMILES string of the molecule is COc1nc(-c2cccc(-c3cccc(-c4cc5c(=O)n(C)c(CN(C)C[C@H](C)O)nn5c4)c3Cl)c2Cl)ccc1CN(C[C@@H]1CCC(=O)N1)C(=O)O. The zero-order valence-electron chi connectivity index (χ0n) is 29.1. The van der Waals surface area contributed by atoms with Crippen molar-refractivity contribution in [2.75, 3.05) is 27.2 Å². The summed E-state index contributed by atoms with van der Waals surface area (Å²) in [5.41, 5.74) is 4.58. The summed E-state index contributed by atoms with van der Waals surface area (Å²) in [5.74, 6) is 0.707. The summed E-state index contributed by atoms with van der Waals surface area (Å²) in [6, 6.07) is 16.2.